The molecule has 5 nitrogen and oxygen atoms in total. The molecule has 0 fully saturated rings. The second-order valence-electron chi connectivity index (χ2n) is 6.64. The molecule has 0 saturated carbocycles. The third-order valence-corrected chi connectivity index (χ3v) is 4.60. The lowest BCUT2D eigenvalue weighted by atomic mass is 10.0. The number of anilines is 1. The van der Waals surface area contributed by atoms with Gasteiger partial charge in [-0.15, -0.1) is 0 Å². The standard InChI is InChI=1S/C20H19ClN2O3/c1-12(2)11-17(18(24)22-16-10-6-5-9-15(16)21)23-19(25)13-7-3-4-8-14(13)20(23)26/h3-10,12,17H,11H2,1-2H3,(H,22,24). The summed E-state index contributed by atoms with van der Waals surface area (Å²) < 4.78 is 0. The number of para-hydroxylation sites is 1. The van der Waals surface area contributed by atoms with Gasteiger partial charge in [-0.3, -0.25) is 19.3 Å². The molecule has 3 rings (SSSR count). The number of carbonyl (C=O) groups excluding carboxylic acids is 3. The number of rotatable bonds is 5. The summed E-state index contributed by atoms with van der Waals surface area (Å²) in [6, 6.07) is 12.6. The van der Waals surface area contributed by atoms with E-state index >= 15 is 0 Å². The fraction of sp³-hybridized carbons (Fsp3) is 0.250. The van der Waals surface area contributed by atoms with Gasteiger partial charge in [0.2, 0.25) is 5.91 Å². The van der Waals surface area contributed by atoms with Gasteiger partial charge in [-0.1, -0.05) is 49.7 Å². The average Bonchev–Trinajstić information content (AvgIpc) is 2.86. The molecule has 1 aliphatic rings. The maximum absolute atomic E-state index is 12.9. The van der Waals surface area contributed by atoms with Crippen LogP contribution in [0.25, 0.3) is 0 Å². The fourth-order valence-electron chi connectivity index (χ4n) is 3.05. The maximum atomic E-state index is 12.9. The Balaban J connectivity index is 1.92. The van der Waals surface area contributed by atoms with Crippen molar-refractivity contribution in [1.82, 2.24) is 4.90 Å². The molecular weight excluding hydrogens is 352 g/mol. The molecular formula is C20H19ClN2O3. The largest absolute Gasteiger partial charge is 0.323 e. The van der Waals surface area contributed by atoms with Crippen LogP contribution in [0.1, 0.15) is 41.0 Å². The minimum absolute atomic E-state index is 0.112. The van der Waals surface area contributed by atoms with Gasteiger partial charge in [0.1, 0.15) is 6.04 Å². The quantitative estimate of drug-likeness (QED) is 0.809. The minimum atomic E-state index is -0.904. The van der Waals surface area contributed by atoms with Gasteiger partial charge in [-0.2, -0.15) is 0 Å². The molecule has 1 unspecified atom stereocenters. The average molecular weight is 371 g/mol. The fourth-order valence-corrected chi connectivity index (χ4v) is 3.23. The molecule has 1 heterocycles. The Morgan fingerprint density at radius 1 is 1.00 bits per heavy atom. The molecule has 6 heteroatoms. The van der Waals surface area contributed by atoms with E-state index in [2.05, 4.69) is 5.32 Å². The van der Waals surface area contributed by atoms with E-state index in [1.165, 1.54) is 0 Å². The van der Waals surface area contributed by atoms with Gasteiger partial charge in [0.15, 0.2) is 0 Å². The van der Waals surface area contributed by atoms with Crippen molar-refractivity contribution in [3.05, 3.63) is 64.7 Å². The molecule has 2 aromatic rings. The first kappa shape index (κ1) is 18.1. The van der Waals surface area contributed by atoms with Crippen molar-refractivity contribution < 1.29 is 14.4 Å². The smallest absolute Gasteiger partial charge is 0.262 e. The number of nitrogens with one attached hydrogen (secondary N) is 1. The molecule has 1 atom stereocenters. The van der Waals surface area contributed by atoms with Crippen molar-refractivity contribution in [2.45, 2.75) is 26.3 Å². The third-order valence-electron chi connectivity index (χ3n) is 4.27. The normalized spacial score (nSPS) is 14.5. The lowest BCUT2D eigenvalue weighted by Gasteiger charge is -2.27. The second kappa shape index (κ2) is 7.30. The number of amides is 3. The molecule has 0 aliphatic carbocycles. The Hall–Kier alpha value is -2.66. The number of hydrogen-bond acceptors (Lipinski definition) is 3. The van der Waals surface area contributed by atoms with E-state index in [0.29, 0.717) is 28.3 Å². The summed E-state index contributed by atoms with van der Waals surface area (Å²) >= 11 is 6.11. The summed E-state index contributed by atoms with van der Waals surface area (Å²) in [5.41, 5.74) is 1.11. The lowest BCUT2D eigenvalue weighted by molar-refractivity contribution is -0.120. The predicted molar refractivity (Wildman–Crippen MR) is 100 cm³/mol. The van der Waals surface area contributed by atoms with Crippen LogP contribution in [0.5, 0.6) is 0 Å². The zero-order chi connectivity index (χ0) is 18.8. The number of imide groups is 1. The highest BCUT2D eigenvalue weighted by molar-refractivity contribution is 6.33. The summed E-state index contributed by atoms with van der Waals surface area (Å²) in [6.45, 7) is 3.88. The highest BCUT2D eigenvalue weighted by Crippen LogP contribution is 2.28. The number of fused-ring (bicyclic) bond motifs is 1. The topological polar surface area (TPSA) is 66.5 Å². The van der Waals surface area contributed by atoms with Gasteiger partial charge in [0, 0.05) is 0 Å². The summed E-state index contributed by atoms with van der Waals surface area (Å²) in [4.78, 5) is 39.5. The predicted octanol–water partition coefficient (Wildman–Crippen LogP) is 3.99. The minimum Gasteiger partial charge on any atom is -0.323 e. The summed E-state index contributed by atoms with van der Waals surface area (Å²) in [5.74, 6) is -1.20. The Kier molecular flexibility index (Phi) is 5.09. The summed E-state index contributed by atoms with van der Waals surface area (Å²) in [7, 11) is 0. The van der Waals surface area contributed by atoms with Crippen molar-refractivity contribution in [3.8, 4) is 0 Å². The Morgan fingerprint density at radius 3 is 2.08 bits per heavy atom. The Morgan fingerprint density at radius 2 is 1.54 bits per heavy atom. The number of hydrogen-bond donors (Lipinski definition) is 1. The van der Waals surface area contributed by atoms with E-state index in [9.17, 15) is 14.4 Å². The molecule has 0 bridgehead atoms. The van der Waals surface area contributed by atoms with Crippen LogP contribution >= 0.6 is 11.6 Å². The van der Waals surface area contributed by atoms with Gasteiger partial charge in [-0.25, -0.2) is 0 Å². The van der Waals surface area contributed by atoms with Gasteiger partial charge in [-0.05, 0) is 36.6 Å². The molecule has 134 valence electrons. The zero-order valence-electron chi connectivity index (χ0n) is 14.5. The molecule has 2 aromatic carbocycles. The number of halogens is 1. The van der Waals surface area contributed by atoms with Gasteiger partial charge in [0.25, 0.3) is 11.8 Å². The van der Waals surface area contributed by atoms with Gasteiger partial charge >= 0.3 is 0 Å². The maximum Gasteiger partial charge on any atom is 0.262 e. The van der Waals surface area contributed by atoms with Crippen LogP contribution in [-0.2, 0) is 4.79 Å². The zero-order valence-corrected chi connectivity index (χ0v) is 15.3. The molecule has 1 N–H and O–H groups in total. The van der Waals surface area contributed by atoms with Gasteiger partial charge in [0.05, 0.1) is 21.8 Å². The van der Waals surface area contributed by atoms with E-state index in [4.69, 9.17) is 11.6 Å². The van der Waals surface area contributed by atoms with Crippen LogP contribution in [0.15, 0.2) is 48.5 Å². The Labute approximate surface area is 156 Å². The van der Waals surface area contributed by atoms with Crippen molar-refractivity contribution in [1.29, 1.82) is 0 Å². The van der Waals surface area contributed by atoms with E-state index < -0.39 is 23.8 Å². The number of benzene rings is 2. The summed E-state index contributed by atoms with van der Waals surface area (Å²) in [5, 5.41) is 3.14. The van der Waals surface area contributed by atoms with Crippen LogP contribution in [0.3, 0.4) is 0 Å². The van der Waals surface area contributed by atoms with Crippen LogP contribution in [0.4, 0.5) is 5.69 Å². The van der Waals surface area contributed by atoms with E-state index in [0.717, 1.165) is 4.90 Å². The van der Waals surface area contributed by atoms with Crippen molar-refractivity contribution in [2.24, 2.45) is 5.92 Å². The molecule has 26 heavy (non-hydrogen) atoms. The van der Waals surface area contributed by atoms with E-state index in [-0.39, 0.29) is 5.92 Å². The first-order valence-corrected chi connectivity index (χ1v) is 8.80. The van der Waals surface area contributed by atoms with Crippen LogP contribution in [0, 0.1) is 5.92 Å². The first-order valence-electron chi connectivity index (χ1n) is 8.42. The van der Waals surface area contributed by atoms with E-state index in [1.807, 2.05) is 13.8 Å². The van der Waals surface area contributed by atoms with Crippen LogP contribution in [-0.4, -0.2) is 28.7 Å². The second-order valence-corrected chi connectivity index (χ2v) is 7.05. The highest BCUT2D eigenvalue weighted by atomic mass is 35.5. The lowest BCUT2D eigenvalue weighted by Crippen LogP contribution is -2.48. The monoisotopic (exact) mass is 370 g/mol. The van der Waals surface area contributed by atoms with Crippen molar-refractivity contribution in [3.63, 3.8) is 0 Å². The number of carbonyl (C=O) groups is 3. The molecule has 0 radical (unpaired) electrons. The first-order chi connectivity index (χ1) is 12.4. The van der Waals surface area contributed by atoms with E-state index in [1.54, 1.807) is 48.5 Å². The third kappa shape index (κ3) is 3.35. The van der Waals surface area contributed by atoms with Crippen LogP contribution in [0.2, 0.25) is 5.02 Å². The molecule has 0 aromatic heterocycles. The van der Waals surface area contributed by atoms with Gasteiger partial charge < -0.3 is 5.32 Å². The molecule has 3 amide bonds. The highest BCUT2D eigenvalue weighted by Gasteiger charge is 2.42. The molecule has 0 saturated heterocycles. The Bertz CT molecular complexity index is 844. The number of nitrogens with zero attached hydrogens (tertiary/aromatic N) is 1. The van der Waals surface area contributed by atoms with Crippen LogP contribution < -0.4 is 5.32 Å². The molecule has 0 spiro atoms. The SMILES string of the molecule is CC(C)CC(C(=O)Nc1ccccc1Cl)N1C(=O)c2ccccc2C1=O. The summed E-state index contributed by atoms with van der Waals surface area (Å²) in [6.07, 6.45) is 0.363. The van der Waals surface area contributed by atoms with Crippen molar-refractivity contribution >= 4 is 35.0 Å². The molecule has 1 aliphatic heterocycles. The van der Waals surface area contributed by atoms with Crippen molar-refractivity contribution in [2.75, 3.05) is 5.32 Å².